The smallest absolute Gasteiger partial charge is 0.252 e. The summed E-state index contributed by atoms with van der Waals surface area (Å²) in [5, 5.41) is 2.77. The third kappa shape index (κ3) is 5.72. The lowest BCUT2D eigenvalue weighted by Gasteiger charge is -2.05. The number of carbonyl (C=O) groups excluding carboxylic acids is 1. The van der Waals surface area contributed by atoms with Gasteiger partial charge in [0.15, 0.2) is 0 Å². The van der Waals surface area contributed by atoms with Gasteiger partial charge in [0, 0.05) is 30.2 Å². The number of carbonyl (C=O) groups is 1. The van der Waals surface area contributed by atoms with Crippen molar-refractivity contribution in [1.29, 1.82) is 0 Å². The van der Waals surface area contributed by atoms with Crippen LogP contribution in [0.3, 0.4) is 0 Å². The van der Waals surface area contributed by atoms with E-state index in [2.05, 4.69) is 27.1 Å². The van der Waals surface area contributed by atoms with Crippen LogP contribution in [0.5, 0.6) is 5.75 Å². The van der Waals surface area contributed by atoms with Gasteiger partial charge in [-0.25, -0.2) is 4.98 Å². The van der Waals surface area contributed by atoms with Gasteiger partial charge in [0.25, 0.3) is 5.91 Å². The Morgan fingerprint density at radius 1 is 1.19 bits per heavy atom. The topological polar surface area (TPSA) is 69.0 Å². The molecule has 0 unspecified atom stereocenters. The fraction of sp³-hybridized carbons (Fsp3) is 0.190. The summed E-state index contributed by atoms with van der Waals surface area (Å²) in [4.78, 5) is 20.3. The van der Waals surface area contributed by atoms with Crippen LogP contribution >= 0.6 is 0 Å². The summed E-state index contributed by atoms with van der Waals surface area (Å²) in [6, 6.07) is 11.2. The molecule has 2 heterocycles. The predicted molar refractivity (Wildman–Crippen MR) is 102 cm³/mol. The van der Waals surface area contributed by atoms with Crippen LogP contribution in [0.15, 0.2) is 61.3 Å². The molecule has 0 aliphatic heterocycles. The van der Waals surface area contributed by atoms with E-state index in [1.54, 1.807) is 18.7 Å². The largest absolute Gasteiger partial charge is 0.479 e. The van der Waals surface area contributed by atoms with Crippen LogP contribution in [0.1, 0.15) is 21.6 Å². The first kappa shape index (κ1) is 18.2. The van der Waals surface area contributed by atoms with Crippen molar-refractivity contribution in [3.63, 3.8) is 0 Å². The van der Waals surface area contributed by atoms with E-state index in [9.17, 15) is 4.79 Å². The molecular formula is C21H20N4O2. The summed E-state index contributed by atoms with van der Waals surface area (Å²) < 4.78 is 7.43. The Bertz CT molecular complexity index is 921. The quantitative estimate of drug-likeness (QED) is 0.686. The zero-order valence-corrected chi connectivity index (χ0v) is 15.1. The number of hydrogen-bond donors (Lipinski definition) is 1. The van der Waals surface area contributed by atoms with Gasteiger partial charge in [0.1, 0.15) is 12.4 Å². The number of nitrogens with one attached hydrogen (secondary N) is 1. The first-order valence-corrected chi connectivity index (χ1v) is 8.55. The molecule has 2 aromatic heterocycles. The fourth-order valence-corrected chi connectivity index (χ4v) is 2.35. The predicted octanol–water partition coefficient (Wildman–Crippen LogP) is 2.45. The SMILES string of the molecule is Cc1ccc(OCC#CCNC(=O)c2ccc(Cn3ccnc3)cc2)cn1. The molecule has 1 aromatic carbocycles. The lowest BCUT2D eigenvalue weighted by Crippen LogP contribution is -2.23. The van der Waals surface area contributed by atoms with Gasteiger partial charge < -0.3 is 14.6 Å². The first-order valence-electron chi connectivity index (χ1n) is 8.55. The number of hydrogen-bond acceptors (Lipinski definition) is 4. The second-order valence-corrected chi connectivity index (χ2v) is 5.89. The van der Waals surface area contributed by atoms with Crippen molar-refractivity contribution in [2.75, 3.05) is 13.2 Å². The van der Waals surface area contributed by atoms with Gasteiger partial charge in [0.2, 0.25) is 0 Å². The zero-order chi connectivity index (χ0) is 18.9. The molecule has 136 valence electrons. The molecule has 3 aromatic rings. The highest BCUT2D eigenvalue weighted by Gasteiger charge is 2.04. The van der Waals surface area contributed by atoms with Crippen molar-refractivity contribution in [1.82, 2.24) is 19.9 Å². The van der Waals surface area contributed by atoms with E-state index in [0.717, 1.165) is 17.8 Å². The summed E-state index contributed by atoms with van der Waals surface area (Å²) in [5.74, 6) is 6.26. The van der Waals surface area contributed by atoms with Gasteiger partial charge in [0.05, 0.1) is 19.1 Å². The number of nitrogens with zero attached hydrogens (tertiary/aromatic N) is 3. The molecule has 0 aliphatic rings. The Morgan fingerprint density at radius 2 is 2.04 bits per heavy atom. The second kappa shape index (κ2) is 9.20. The van der Waals surface area contributed by atoms with Gasteiger partial charge in [-0.1, -0.05) is 24.0 Å². The van der Waals surface area contributed by atoms with Crippen molar-refractivity contribution in [2.24, 2.45) is 0 Å². The molecule has 6 nitrogen and oxygen atoms in total. The molecule has 0 fully saturated rings. The Balaban J connectivity index is 1.41. The molecule has 0 saturated carbocycles. The van der Waals surface area contributed by atoms with Crippen molar-refractivity contribution < 1.29 is 9.53 Å². The van der Waals surface area contributed by atoms with Gasteiger partial charge in [-0.05, 0) is 36.8 Å². The molecule has 1 N–H and O–H groups in total. The second-order valence-electron chi connectivity index (χ2n) is 5.89. The molecule has 3 rings (SSSR count). The minimum Gasteiger partial charge on any atom is -0.479 e. The fourth-order valence-electron chi connectivity index (χ4n) is 2.35. The molecule has 0 bridgehead atoms. The summed E-state index contributed by atoms with van der Waals surface area (Å²) in [6.45, 7) is 3.16. The van der Waals surface area contributed by atoms with E-state index >= 15 is 0 Å². The Hall–Kier alpha value is -3.59. The van der Waals surface area contributed by atoms with Crippen LogP contribution in [0.2, 0.25) is 0 Å². The highest BCUT2D eigenvalue weighted by molar-refractivity contribution is 5.94. The number of pyridine rings is 1. The number of ether oxygens (including phenoxy) is 1. The summed E-state index contributed by atoms with van der Waals surface area (Å²) in [7, 11) is 0. The van der Waals surface area contributed by atoms with Crippen molar-refractivity contribution in [2.45, 2.75) is 13.5 Å². The van der Waals surface area contributed by atoms with Crippen LogP contribution < -0.4 is 10.1 Å². The van der Waals surface area contributed by atoms with Crippen LogP contribution in [0, 0.1) is 18.8 Å². The van der Waals surface area contributed by atoms with Crippen LogP contribution in [-0.2, 0) is 6.54 Å². The number of benzene rings is 1. The summed E-state index contributed by atoms with van der Waals surface area (Å²) in [6.07, 6.45) is 7.07. The summed E-state index contributed by atoms with van der Waals surface area (Å²) in [5.41, 5.74) is 2.64. The molecule has 27 heavy (non-hydrogen) atoms. The average Bonchev–Trinajstić information content (AvgIpc) is 3.19. The summed E-state index contributed by atoms with van der Waals surface area (Å²) >= 11 is 0. The number of rotatable bonds is 6. The molecule has 1 amide bonds. The number of imidazole rings is 1. The van der Waals surface area contributed by atoms with E-state index in [-0.39, 0.29) is 19.1 Å². The minimum absolute atomic E-state index is 0.151. The molecule has 0 atom stereocenters. The molecule has 0 spiro atoms. The van der Waals surface area contributed by atoms with Gasteiger partial charge in [-0.2, -0.15) is 0 Å². The van der Waals surface area contributed by atoms with Gasteiger partial charge in [-0.3, -0.25) is 9.78 Å². The Morgan fingerprint density at radius 3 is 2.74 bits per heavy atom. The zero-order valence-electron chi connectivity index (χ0n) is 15.1. The van der Waals surface area contributed by atoms with Crippen LogP contribution in [0.4, 0.5) is 0 Å². The van der Waals surface area contributed by atoms with E-state index in [4.69, 9.17) is 4.74 Å². The van der Waals surface area contributed by atoms with Gasteiger partial charge in [-0.15, -0.1) is 0 Å². The third-order valence-electron chi connectivity index (χ3n) is 3.80. The van der Waals surface area contributed by atoms with Crippen molar-refractivity contribution in [3.8, 4) is 17.6 Å². The molecule has 0 radical (unpaired) electrons. The molecule has 6 heteroatoms. The van der Waals surface area contributed by atoms with Crippen LogP contribution in [0.25, 0.3) is 0 Å². The maximum atomic E-state index is 12.1. The van der Waals surface area contributed by atoms with E-state index in [1.807, 2.05) is 54.1 Å². The van der Waals surface area contributed by atoms with Crippen LogP contribution in [-0.4, -0.2) is 33.6 Å². The normalized spacial score (nSPS) is 9.96. The first-order chi connectivity index (χ1) is 13.2. The number of aryl methyl sites for hydroxylation is 1. The lowest BCUT2D eigenvalue weighted by molar-refractivity contribution is 0.0958. The average molecular weight is 360 g/mol. The molecule has 0 aliphatic carbocycles. The van der Waals surface area contributed by atoms with E-state index in [0.29, 0.717) is 11.3 Å². The highest BCUT2D eigenvalue weighted by Crippen LogP contribution is 2.08. The lowest BCUT2D eigenvalue weighted by atomic mass is 10.1. The maximum absolute atomic E-state index is 12.1. The van der Waals surface area contributed by atoms with E-state index < -0.39 is 0 Å². The highest BCUT2D eigenvalue weighted by atomic mass is 16.5. The van der Waals surface area contributed by atoms with Crippen molar-refractivity contribution in [3.05, 3.63) is 78.1 Å². The standard InChI is InChI=1S/C21H20N4O2/c1-17-4-9-20(14-24-17)27-13-3-2-10-23-21(26)19-7-5-18(6-8-19)15-25-12-11-22-16-25/h4-9,11-12,14,16H,10,13,15H2,1H3,(H,23,26). The number of aromatic nitrogens is 3. The van der Waals surface area contributed by atoms with Crippen molar-refractivity contribution >= 4 is 5.91 Å². The maximum Gasteiger partial charge on any atom is 0.252 e. The monoisotopic (exact) mass is 360 g/mol. The minimum atomic E-state index is -0.151. The molecular weight excluding hydrogens is 340 g/mol. The van der Waals surface area contributed by atoms with E-state index in [1.165, 1.54) is 0 Å². The number of amides is 1. The Kier molecular flexibility index (Phi) is 6.21. The Labute approximate surface area is 158 Å². The van der Waals surface area contributed by atoms with Gasteiger partial charge >= 0.3 is 0 Å². The third-order valence-corrected chi connectivity index (χ3v) is 3.80. The molecule has 0 saturated heterocycles.